The molecule has 0 aliphatic carbocycles. The van der Waals surface area contributed by atoms with E-state index in [4.69, 9.17) is 16.3 Å². The number of fused-ring (bicyclic) bond motifs is 2. The van der Waals surface area contributed by atoms with Crippen LogP contribution in [0, 0.1) is 0 Å². The molecule has 0 unspecified atom stereocenters. The van der Waals surface area contributed by atoms with Gasteiger partial charge in [-0.15, -0.1) is 0 Å². The second kappa shape index (κ2) is 6.51. The third-order valence-electron chi connectivity index (χ3n) is 4.77. The second-order valence-corrected chi connectivity index (χ2v) is 8.21. The summed E-state index contributed by atoms with van der Waals surface area (Å²) in [6.07, 6.45) is 3.65. The van der Waals surface area contributed by atoms with Crippen molar-refractivity contribution in [1.82, 2.24) is 4.90 Å². The maximum Gasteiger partial charge on any atom is 0.410 e. The van der Waals surface area contributed by atoms with E-state index in [-0.39, 0.29) is 6.09 Å². The molecule has 0 aromatic heterocycles. The molecule has 0 bridgehead atoms. The van der Waals surface area contributed by atoms with E-state index >= 15 is 0 Å². The van der Waals surface area contributed by atoms with Gasteiger partial charge in [-0.05, 0) is 63.1 Å². The molecule has 6 heteroatoms. The van der Waals surface area contributed by atoms with Gasteiger partial charge in [0.2, 0.25) is 7.98 Å². The van der Waals surface area contributed by atoms with Crippen LogP contribution >= 0.6 is 11.6 Å². The zero-order valence-corrected chi connectivity index (χ0v) is 15.9. The molecule has 24 heavy (non-hydrogen) atoms. The second-order valence-electron chi connectivity index (χ2n) is 7.83. The quantitative estimate of drug-likeness (QED) is 0.676. The molecule has 0 radical (unpaired) electrons. The van der Waals surface area contributed by atoms with Crippen molar-refractivity contribution in [2.45, 2.75) is 52.1 Å². The molecular formula is C18H26BClN2O2. The minimum atomic E-state index is -0.463. The summed E-state index contributed by atoms with van der Waals surface area (Å²) in [6, 6.07) is 2.31. The molecule has 1 amide bonds. The summed E-state index contributed by atoms with van der Waals surface area (Å²) in [5, 5.41) is 0.885. The van der Waals surface area contributed by atoms with Gasteiger partial charge >= 0.3 is 6.09 Å². The fourth-order valence-electron chi connectivity index (χ4n) is 3.63. The SMILES string of the molecule is BN1CCCc2cc3c(c(Cl)c21)CCN(C(=O)OC(C)(C)C)CC3. The zero-order chi connectivity index (χ0) is 17.5. The lowest BCUT2D eigenvalue weighted by atomic mass is 9.92. The number of amides is 1. The zero-order valence-electron chi connectivity index (χ0n) is 15.1. The number of benzene rings is 1. The van der Waals surface area contributed by atoms with E-state index in [1.807, 2.05) is 25.7 Å². The number of rotatable bonds is 0. The Kier molecular flexibility index (Phi) is 4.74. The third kappa shape index (κ3) is 3.51. The molecule has 2 heterocycles. The van der Waals surface area contributed by atoms with Gasteiger partial charge in [0.15, 0.2) is 0 Å². The van der Waals surface area contributed by atoms with Crippen molar-refractivity contribution in [2.75, 3.05) is 24.4 Å². The lowest BCUT2D eigenvalue weighted by molar-refractivity contribution is 0.0258. The van der Waals surface area contributed by atoms with Crippen LogP contribution in [-0.2, 0) is 24.0 Å². The summed E-state index contributed by atoms with van der Waals surface area (Å²) in [6.45, 7) is 8.10. The van der Waals surface area contributed by atoms with Gasteiger partial charge in [0, 0.05) is 25.3 Å². The molecule has 0 atom stereocenters. The smallest absolute Gasteiger partial charge is 0.410 e. The Balaban J connectivity index is 1.84. The Bertz CT molecular complexity index is 657. The average Bonchev–Trinajstić information content (AvgIpc) is 2.68. The van der Waals surface area contributed by atoms with Crippen LogP contribution in [-0.4, -0.2) is 44.2 Å². The van der Waals surface area contributed by atoms with Gasteiger partial charge in [-0.2, -0.15) is 0 Å². The fraction of sp³-hybridized carbons (Fsp3) is 0.611. The highest BCUT2D eigenvalue weighted by molar-refractivity contribution is 6.36. The predicted molar refractivity (Wildman–Crippen MR) is 101 cm³/mol. The first-order valence-corrected chi connectivity index (χ1v) is 9.16. The monoisotopic (exact) mass is 348 g/mol. The number of carbonyl (C=O) groups excluding carboxylic acids is 1. The van der Waals surface area contributed by atoms with Gasteiger partial charge in [0.25, 0.3) is 0 Å². The number of anilines is 1. The van der Waals surface area contributed by atoms with Gasteiger partial charge < -0.3 is 14.4 Å². The molecular weight excluding hydrogens is 322 g/mol. The fourth-order valence-corrected chi connectivity index (χ4v) is 4.11. The van der Waals surface area contributed by atoms with Crippen LogP contribution in [0.1, 0.15) is 43.9 Å². The van der Waals surface area contributed by atoms with Crippen LogP contribution < -0.4 is 4.81 Å². The molecule has 3 rings (SSSR count). The molecule has 2 aliphatic heterocycles. The van der Waals surface area contributed by atoms with Crippen molar-refractivity contribution in [2.24, 2.45) is 0 Å². The largest absolute Gasteiger partial charge is 0.444 e. The van der Waals surface area contributed by atoms with E-state index in [1.54, 1.807) is 0 Å². The van der Waals surface area contributed by atoms with Crippen LogP contribution in [0.15, 0.2) is 6.07 Å². The van der Waals surface area contributed by atoms with Gasteiger partial charge in [-0.25, -0.2) is 4.79 Å². The van der Waals surface area contributed by atoms with Crippen molar-refractivity contribution >= 4 is 31.4 Å². The summed E-state index contributed by atoms with van der Waals surface area (Å²) in [4.78, 5) is 16.4. The Hall–Kier alpha value is -1.36. The van der Waals surface area contributed by atoms with Crippen molar-refractivity contribution in [1.29, 1.82) is 0 Å². The van der Waals surface area contributed by atoms with E-state index in [0.29, 0.717) is 13.1 Å². The Morgan fingerprint density at radius 3 is 2.58 bits per heavy atom. The minimum absolute atomic E-state index is 0.228. The number of aryl methyl sites for hydroxylation is 1. The minimum Gasteiger partial charge on any atom is -0.444 e. The molecule has 2 aliphatic rings. The Morgan fingerprint density at radius 1 is 1.17 bits per heavy atom. The highest BCUT2D eigenvalue weighted by atomic mass is 35.5. The lowest BCUT2D eigenvalue weighted by Crippen LogP contribution is -2.38. The maximum absolute atomic E-state index is 12.4. The number of halogens is 1. The van der Waals surface area contributed by atoms with Crippen LogP contribution in [0.2, 0.25) is 5.02 Å². The lowest BCUT2D eigenvalue weighted by Gasteiger charge is -2.31. The molecule has 4 nitrogen and oxygen atoms in total. The van der Waals surface area contributed by atoms with Crippen LogP contribution in [0.25, 0.3) is 0 Å². The number of hydrogen-bond acceptors (Lipinski definition) is 3. The number of ether oxygens (including phenoxy) is 1. The summed E-state index contributed by atoms with van der Waals surface area (Å²) in [5.41, 5.74) is 4.57. The number of hydrogen-bond donors (Lipinski definition) is 0. The van der Waals surface area contributed by atoms with E-state index in [9.17, 15) is 4.79 Å². The molecule has 0 saturated heterocycles. The van der Waals surface area contributed by atoms with Crippen molar-refractivity contribution in [3.63, 3.8) is 0 Å². The molecule has 0 saturated carbocycles. The molecule has 0 fully saturated rings. The third-order valence-corrected chi connectivity index (χ3v) is 5.18. The first-order valence-electron chi connectivity index (χ1n) is 8.78. The Labute approximate surface area is 150 Å². The van der Waals surface area contributed by atoms with Crippen LogP contribution in [0.3, 0.4) is 0 Å². The first-order chi connectivity index (χ1) is 11.3. The van der Waals surface area contributed by atoms with Gasteiger partial charge in [-0.1, -0.05) is 17.7 Å². The number of carbonyl (C=O) groups is 1. The van der Waals surface area contributed by atoms with E-state index < -0.39 is 5.60 Å². The van der Waals surface area contributed by atoms with Crippen LogP contribution in [0.5, 0.6) is 0 Å². The summed E-state index contributed by atoms with van der Waals surface area (Å²) in [5.74, 6) is 0. The normalized spacial score (nSPS) is 17.8. The highest BCUT2D eigenvalue weighted by Gasteiger charge is 2.27. The molecule has 1 aromatic carbocycles. The Morgan fingerprint density at radius 2 is 1.88 bits per heavy atom. The standard InChI is InChI=1S/C18H26BClN2O2/c1-18(2,3)24-17(23)21-9-6-12-11-13-5-4-8-22(19)16(13)15(20)14(12)7-10-21/h11H,4-10,19H2,1-3H3. The molecule has 0 N–H and O–H groups in total. The predicted octanol–water partition coefficient (Wildman–Crippen LogP) is 2.98. The molecule has 0 spiro atoms. The van der Waals surface area contributed by atoms with Crippen molar-refractivity contribution < 1.29 is 9.53 Å². The first kappa shape index (κ1) is 17.5. The molecule has 130 valence electrons. The van der Waals surface area contributed by atoms with Crippen molar-refractivity contribution in [3.8, 4) is 0 Å². The van der Waals surface area contributed by atoms with E-state index in [1.165, 1.54) is 28.8 Å². The molecule has 1 aromatic rings. The van der Waals surface area contributed by atoms with Gasteiger partial charge in [-0.3, -0.25) is 0 Å². The van der Waals surface area contributed by atoms with E-state index in [2.05, 4.69) is 18.9 Å². The maximum atomic E-state index is 12.4. The average molecular weight is 349 g/mol. The van der Waals surface area contributed by atoms with Crippen LogP contribution in [0.4, 0.5) is 10.5 Å². The topological polar surface area (TPSA) is 32.8 Å². The van der Waals surface area contributed by atoms with E-state index in [0.717, 1.165) is 30.8 Å². The van der Waals surface area contributed by atoms with Gasteiger partial charge in [0.1, 0.15) is 5.60 Å². The summed E-state index contributed by atoms with van der Waals surface area (Å²) in [7, 11) is 2.11. The number of nitrogens with zero attached hydrogens (tertiary/aromatic N) is 2. The summed E-state index contributed by atoms with van der Waals surface area (Å²) >= 11 is 6.77. The summed E-state index contributed by atoms with van der Waals surface area (Å²) < 4.78 is 5.52. The van der Waals surface area contributed by atoms with Gasteiger partial charge in [0.05, 0.1) is 5.02 Å². The highest BCUT2D eigenvalue weighted by Crippen LogP contribution is 2.39. The van der Waals surface area contributed by atoms with Crippen molar-refractivity contribution in [3.05, 3.63) is 27.8 Å².